The van der Waals surface area contributed by atoms with E-state index in [2.05, 4.69) is 36.1 Å². The Labute approximate surface area is 125 Å². The van der Waals surface area contributed by atoms with E-state index in [9.17, 15) is 4.79 Å². The minimum absolute atomic E-state index is 0.0223. The molecule has 2 atom stereocenters. The summed E-state index contributed by atoms with van der Waals surface area (Å²) in [6.45, 7) is 5.72. The minimum atomic E-state index is 0.0223. The van der Waals surface area contributed by atoms with E-state index in [1.807, 2.05) is 4.90 Å². The summed E-state index contributed by atoms with van der Waals surface area (Å²) in [5, 5.41) is 3.68. The van der Waals surface area contributed by atoms with Crippen molar-refractivity contribution in [2.75, 3.05) is 33.8 Å². The summed E-state index contributed by atoms with van der Waals surface area (Å²) in [6, 6.07) is 0.428. The van der Waals surface area contributed by atoms with Crippen LogP contribution in [0.1, 0.15) is 25.1 Å². The number of likely N-dealkylation sites (tertiary alicyclic amines) is 1. The molecule has 0 aromatic carbocycles. The molecular formula is C14H24N4O3. The predicted octanol–water partition coefficient (Wildman–Crippen LogP) is 0.693. The van der Waals surface area contributed by atoms with Gasteiger partial charge in [0, 0.05) is 19.1 Å². The molecule has 2 rings (SSSR count). The number of ether oxygens (including phenoxy) is 1. The van der Waals surface area contributed by atoms with E-state index >= 15 is 0 Å². The van der Waals surface area contributed by atoms with Gasteiger partial charge in [0.2, 0.25) is 5.91 Å². The Bertz CT molecular complexity index is 475. The lowest BCUT2D eigenvalue weighted by Gasteiger charge is -2.23. The fraction of sp³-hybridized carbons (Fsp3) is 0.786. The van der Waals surface area contributed by atoms with Crippen LogP contribution in [0.4, 0.5) is 0 Å². The molecule has 7 heteroatoms. The monoisotopic (exact) mass is 296 g/mol. The van der Waals surface area contributed by atoms with Gasteiger partial charge < -0.3 is 19.1 Å². The highest BCUT2D eigenvalue weighted by Gasteiger charge is 2.35. The Morgan fingerprint density at radius 3 is 2.76 bits per heavy atom. The lowest BCUT2D eigenvalue weighted by Crippen LogP contribution is -2.37. The predicted molar refractivity (Wildman–Crippen MR) is 76.5 cm³/mol. The third-order valence-electron chi connectivity index (χ3n) is 3.97. The van der Waals surface area contributed by atoms with Crippen LogP contribution in [0.2, 0.25) is 0 Å². The van der Waals surface area contributed by atoms with Crippen LogP contribution >= 0.6 is 0 Å². The van der Waals surface area contributed by atoms with E-state index in [1.165, 1.54) is 0 Å². The topological polar surface area (TPSA) is 71.7 Å². The summed E-state index contributed by atoms with van der Waals surface area (Å²) in [5.41, 5.74) is 0. The van der Waals surface area contributed by atoms with Gasteiger partial charge >= 0.3 is 0 Å². The number of nitrogens with zero attached hydrogens (tertiary/aromatic N) is 4. The molecule has 1 saturated heterocycles. The molecule has 1 aromatic heterocycles. The van der Waals surface area contributed by atoms with Gasteiger partial charge in [0.15, 0.2) is 5.82 Å². The highest BCUT2D eigenvalue weighted by Crippen LogP contribution is 2.23. The molecule has 21 heavy (non-hydrogen) atoms. The fourth-order valence-electron chi connectivity index (χ4n) is 2.76. The fourth-order valence-corrected chi connectivity index (χ4v) is 2.76. The van der Waals surface area contributed by atoms with Gasteiger partial charge in [-0.3, -0.25) is 4.79 Å². The van der Waals surface area contributed by atoms with Crippen LogP contribution in [-0.4, -0.2) is 65.7 Å². The van der Waals surface area contributed by atoms with E-state index in [0.717, 1.165) is 19.5 Å². The smallest absolute Gasteiger partial charge is 0.252 e. The zero-order chi connectivity index (χ0) is 15.4. The van der Waals surface area contributed by atoms with Gasteiger partial charge in [0.05, 0.1) is 0 Å². The molecule has 1 fully saturated rings. The largest absolute Gasteiger partial charge is 0.362 e. The van der Waals surface area contributed by atoms with Gasteiger partial charge in [0.1, 0.15) is 13.2 Å². The molecule has 2 unspecified atom stereocenters. The molecule has 1 amide bonds. The average molecular weight is 296 g/mol. The molecule has 1 aliphatic heterocycles. The average Bonchev–Trinajstić information content (AvgIpc) is 3.04. The van der Waals surface area contributed by atoms with Gasteiger partial charge in [-0.05, 0) is 26.9 Å². The number of likely N-dealkylation sites (N-methyl/N-ethyl adjacent to an activating group) is 1. The molecule has 0 spiro atoms. The van der Waals surface area contributed by atoms with Crippen molar-refractivity contribution in [3.63, 3.8) is 0 Å². The molecule has 7 nitrogen and oxygen atoms in total. The number of aromatic nitrogens is 2. The highest BCUT2D eigenvalue weighted by molar-refractivity contribution is 5.77. The SMILES string of the molecule is CCC1CN(C(=O)COCc2nc(C)no2)CC1N(C)C. The third kappa shape index (κ3) is 4.01. The van der Waals surface area contributed by atoms with Gasteiger partial charge in [-0.25, -0.2) is 0 Å². The van der Waals surface area contributed by atoms with Crippen LogP contribution in [0, 0.1) is 12.8 Å². The summed E-state index contributed by atoms with van der Waals surface area (Å²) in [6.07, 6.45) is 1.08. The molecule has 0 bridgehead atoms. The van der Waals surface area contributed by atoms with E-state index in [4.69, 9.17) is 9.26 Å². The van der Waals surface area contributed by atoms with E-state index < -0.39 is 0 Å². The van der Waals surface area contributed by atoms with Gasteiger partial charge in [-0.15, -0.1) is 0 Å². The van der Waals surface area contributed by atoms with Crippen LogP contribution in [0.15, 0.2) is 4.52 Å². The van der Waals surface area contributed by atoms with Crippen molar-refractivity contribution in [2.24, 2.45) is 5.92 Å². The van der Waals surface area contributed by atoms with Crippen LogP contribution in [0.5, 0.6) is 0 Å². The Hall–Kier alpha value is -1.47. The highest BCUT2D eigenvalue weighted by atomic mass is 16.5. The zero-order valence-electron chi connectivity index (χ0n) is 13.2. The number of hydrogen-bond donors (Lipinski definition) is 0. The standard InChI is InChI=1S/C14H24N4O3/c1-5-11-6-18(7-12(11)17(3)4)14(19)9-20-8-13-15-10(2)16-21-13/h11-12H,5-9H2,1-4H3. The molecule has 118 valence electrons. The van der Waals surface area contributed by atoms with E-state index in [-0.39, 0.29) is 19.1 Å². The molecule has 0 saturated carbocycles. The summed E-state index contributed by atoms with van der Waals surface area (Å²) < 4.78 is 10.3. The summed E-state index contributed by atoms with van der Waals surface area (Å²) in [5.74, 6) is 1.52. The second-order valence-corrected chi connectivity index (χ2v) is 5.73. The number of aryl methyl sites for hydroxylation is 1. The maximum Gasteiger partial charge on any atom is 0.252 e. The molecule has 1 aliphatic rings. The molecule has 0 radical (unpaired) electrons. The second kappa shape index (κ2) is 7.00. The minimum Gasteiger partial charge on any atom is -0.362 e. The van der Waals surface area contributed by atoms with Crippen molar-refractivity contribution in [1.82, 2.24) is 19.9 Å². The summed E-state index contributed by atoms with van der Waals surface area (Å²) >= 11 is 0. The summed E-state index contributed by atoms with van der Waals surface area (Å²) in [7, 11) is 4.13. The maximum atomic E-state index is 12.2. The van der Waals surface area contributed by atoms with Crippen molar-refractivity contribution in [1.29, 1.82) is 0 Å². The zero-order valence-corrected chi connectivity index (χ0v) is 13.2. The molecule has 2 heterocycles. The quantitative estimate of drug-likeness (QED) is 0.769. The Morgan fingerprint density at radius 1 is 1.48 bits per heavy atom. The van der Waals surface area contributed by atoms with Crippen LogP contribution in [-0.2, 0) is 16.1 Å². The Balaban J connectivity index is 1.78. The molecule has 1 aromatic rings. The molecule has 0 aliphatic carbocycles. The second-order valence-electron chi connectivity index (χ2n) is 5.73. The van der Waals surface area contributed by atoms with Gasteiger partial charge in [-0.2, -0.15) is 4.98 Å². The third-order valence-corrected chi connectivity index (χ3v) is 3.97. The number of rotatable bonds is 6. The Morgan fingerprint density at radius 2 is 2.24 bits per heavy atom. The lowest BCUT2D eigenvalue weighted by atomic mass is 10.0. The maximum absolute atomic E-state index is 12.2. The first-order valence-electron chi connectivity index (χ1n) is 7.32. The van der Waals surface area contributed by atoms with Gasteiger partial charge in [-0.1, -0.05) is 18.5 Å². The van der Waals surface area contributed by atoms with Crippen molar-refractivity contribution < 1.29 is 14.1 Å². The summed E-state index contributed by atoms with van der Waals surface area (Å²) in [4.78, 5) is 20.3. The van der Waals surface area contributed by atoms with Crippen molar-refractivity contribution >= 4 is 5.91 Å². The first-order chi connectivity index (χ1) is 10.0. The number of carbonyl (C=O) groups is 1. The van der Waals surface area contributed by atoms with Crippen LogP contribution < -0.4 is 0 Å². The van der Waals surface area contributed by atoms with Crippen LogP contribution in [0.3, 0.4) is 0 Å². The van der Waals surface area contributed by atoms with E-state index in [1.54, 1.807) is 6.92 Å². The first kappa shape index (κ1) is 15.9. The molecular weight excluding hydrogens is 272 g/mol. The molecule has 0 N–H and O–H groups in total. The van der Waals surface area contributed by atoms with Gasteiger partial charge in [0.25, 0.3) is 5.89 Å². The van der Waals surface area contributed by atoms with Crippen molar-refractivity contribution in [3.05, 3.63) is 11.7 Å². The van der Waals surface area contributed by atoms with Crippen molar-refractivity contribution in [3.8, 4) is 0 Å². The number of hydrogen-bond acceptors (Lipinski definition) is 6. The van der Waals surface area contributed by atoms with E-state index in [0.29, 0.717) is 23.7 Å². The normalized spacial score (nSPS) is 22.2. The number of amides is 1. The lowest BCUT2D eigenvalue weighted by molar-refractivity contribution is -0.136. The Kier molecular flexibility index (Phi) is 5.30. The van der Waals surface area contributed by atoms with Crippen molar-refractivity contribution in [2.45, 2.75) is 32.9 Å². The first-order valence-corrected chi connectivity index (χ1v) is 7.32. The number of carbonyl (C=O) groups excluding carboxylic acids is 1. The van der Waals surface area contributed by atoms with Crippen LogP contribution in [0.25, 0.3) is 0 Å².